The molecule has 0 aromatic rings. The second-order valence-electron chi connectivity index (χ2n) is 5.21. The van der Waals surface area contributed by atoms with E-state index >= 15 is 0 Å². The van der Waals surface area contributed by atoms with E-state index < -0.39 is 0 Å². The van der Waals surface area contributed by atoms with Gasteiger partial charge in [0.05, 0.1) is 0 Å². The van der Waals surface area contributed by atoms with Gasteiger partial charge >= 0.3 is 0 Å². The van der Waals surface area contributed by atoms with Crippen LogP contribution in [0.2, 0.25) is 0 Å². The molecule has 0 heterocycles. The zero-order valence-corrected chi connectivity index (χ0v) is 11.3. The van der Waals surface area contributed by atoms with E-state index in [0.29, 0.717) is 5.41 Å². The highest BCUT2D eigenvalue weighted by Crippen LogP contribution is 2.21. The number of nitrogens with two attached hydrogens (primary N) is 1. The maximum atomic E-state index is 5.86. The van der Waals surface area contributed by atoms with E-state index in [9.17, 15) is 0 Å². The molecule has 0 aromatic heterocycles. The van der Waals surface area contributed by atoms with Crippen LogP contribution in [0.5, 0.6) is 0 Å². The van der Waals surface area contributed by atoms with Gasteiger partial charge in [0.1, 0.15) is 0 Å². The third-order valence-electron chi connectivity index (χ3n) is 3.67. The first-order valence-corrected chi connectivity index (χ1v) is 6.43. The zero-order valence-electron chi connectivity index (χ0n) is 11.3. The first-order chi connectivity index (χ1) is 7.01. The van der Waals surface area contributed by atoms with Crippen molar-refractivity contribution < 1.29 is 0 Å². The molecule has 0 aliphatic carbocycles. The molecular formula is C13H30N2. The van der Waals surface area contributed by atoms with E-state index in [-0.39, 0.29) is 0 Å². The van der Waals surface area contributed by atoms with Crippen molar-refractivity contribution in [1.29, 1.82) is 0 Å². The van der Waals surface area contributed by atoms with E-state index in [1.807, 2.05) is 0 Å². The van der Waals surface area contributed by atoms with Crippen molar-refractivity contribution in [2.45, 2.75) is 47.5 Å². The van der Waals surface area contributed by atoms with Gasteiger partial charge in [-0.25, -0.2) is 0 Å². The van der Waals surface area contributed by atoms with Gasteiger partial charge in [0.25, 0.3) is 0 Å². The summed E-state index contributed by atoms with van der Waals surface area (Å²) in [6, 6.07) is 0. The Labute approximate surface area is 96.2 Å². The number of hydrogen-bond donors (Lipinski definition) is 1. The van der Waals surface area contributed by atoms with Crippen molar-refractivity contribution in [3.63, 3.8) is 0 Å². The van der Waals surface area contributed by atoms with Gasteiger partial charge in [-0.15, -0.1) is 0 Å². The Hall–Kier alpha value is -0.0800. The smallest absolute Gasteiger partial charge is 0.00473 e. The molecule has 0 amide bonds. The van der Waals surface area contributed by atoms with Gasteiger partial charge in [0, 0.05) is 13.1 Å². The van der Waals surface area contributed by atoms with Crippen LogP contribution in [0.25, 0.3) is 0 Å². The minimum atomic E-state index is 0.295. The molecule has 0 spiro atoms. The highest BCUT2D eigenvalue weighted by atomic mass is 15.1. The largest absolute Gasteiger partial charge is 0.330 e. The van der Waals surface area contributed by atoms with Crippen LogP contribution >= 0.6 is 0 Å². The Morgan fingerprint density at radius 2 is 1.87 bits per heavy atom. The molecule has 0 saturated heterocycles. The quantitative estimate of drug-likeness (QED) is 0.673. The lowest BCUT2D eigenvalue weighted by atomic mass is 9.87. The average Bonchev–Trinajstić information content (AvgIpc) is 2.27. The Kier molecular flexibility index (Phi) is 7.20. The van der Waals surface area contributed by atoms with Crippen LogP contribution in [0.15, 0.2) is 0 Å². The van der Waals surface area contributed by atoms with Crippen LogP contribution in [0.1, 0.15) is 47.5 Å². The Morgan fingerprint density at radius 3 is 2.20 bits per heavy atom. The summed E-state index contributed by atoms with van der Waals surface area (Å²) in [5.74, 6) is 0.795. The summed E-state index contributed by atoms with van der Waals surface area (Å²) in [5, 5.41) is 0. The van der Waals surface area contributed by atoms with Crippen molar-refractivity contribution >= 4 is 0 Å². The molecule has 0 aromatic carbocycles. The molecule has 0 aliphatic heterocycles. The van der Waals surface area contributed by atoms with E-state index in [1.165, 1.54) is 19.4 Å². The van der Waals surface area contributed by atoms with Crippen LogP contribution in [0.4, 0.5) is 0 Å². The molecule has 0 rings (SSSR count). The number of nitrogens with zero attached hydrogens (tertiary/aromatic N) is 1. The Morgan fingerprint density at radius 1 is 1.27 bits per heavy atom. The van der Waals surface area contributed by atoms with E-state index in [2.05, 4.69) is 39.5 Å². The van der Waals surface area contributed by atoms with Crippen molar-refractivity contribution in [2.75, 3.05) is 26.2 Å². The summed E-state index contributed by atoms with van der Waals surface area (Å²) in [6.07, 6.45) is 2.43. The standard InChI is InChI=1S/C13H30N2/c1-6-12(4)9-15(8-3)11-13(5,7-2)10-14/h12H,6-11,14H2,1-5H3. The van der Waals surface area contributed by atoms with Gasteiger partial charge in [-0.2, -0.15) is 0 Å². The molecular weight excluding hydrogens is 184 g/mol. The fourth-order valence-corrected chi connectivity index (χ4v) is 1.74. The third kappa shape index (κ3) is 5.53. The lowest BCUT2D eigenvalue weighted by Crippen LogP contribution is -2.41. The molecule has 0 aliphatic rings. The molecule has 2 heteroatoms. The van der Waals surface area contributed by atoms with Gasteiger partial charge in [-0.05, 0) is 30.8 Å². The molecule has 2 N–H and O–H groups in total. The van der Waals surface area contributed by atoms with E-state index in [0.717, 1.165) is 25.6 Å². The lowest BCUT2D eigenvalue weighted by molar-refractivity contribution is 0.152. The molecule has 0 radical (unpaired) electrons. The van der Waals surface area contributed by atoms with E-state index in [4.69, 9.17) is 5.73 Å². The topological polar surface area (TPSA) is 29.3 Å². The van der Waals surface area contributed by atoms with Crippen molar-refractivity contribution in [3.05, 3.63) is 0 Å². The van der Waals surface area contributed by atoms with E-state index in [1.54, 1.807) is 0 Å². The predicted molar refractivity (Wildman–Crippen MR) is 69.0 cm³/mol. The van der Waals surface area contributed by atoms with Crippen LogP contribution in [-0.4, -0.2) is 31.1 Å². The van der Waals surface area contributed by atoms with Crippen molar-refractivity contribution in [2.24, 2.45) is 17.1 Å². The summed E-state index contributed by atoms with van der Waals surface area (Å²) in [7, 11) is 0. The van der Waals surface area contributed by atoms with Gasteiger partial charge in [-0.3, -0.25) is 0 Å². The summed E-state index contributed by atoms with van der Waals surface area (Å²) >= 11 is 0. The maximum Gasteiger partial charge on any atom is 0.00473 e. The van der Waals surface area contributed by atoms with Gasteiger partial charge in [-0.1, -0.05) is 41.0 Å². The summed E-state index contributed by atoms with van der Waals surface area (Å²) in [4.78, 5) is 2.55. The summed E-state index contributed by atoms with van der Waals surface area (Å²) < 4.78 is 0. The van der Waals surface area contributed by atoms with Crippen LogP contribution in [0, 0.1) is 11.3 Å². The van der Waals surface area contributed by atoms with Crippen molar-refractivity contribution in [1.82, 2.24) is 4.90 Å². The number of rotatable bonds is 8. The lowest BCUT2D eigenvalue weighted by Gasteiger charge is -2.34. The van der Waals surface area contributed by atoms with Gasteiger partial charge in [0.2, 0.25) is 0 Å². The molecule has 2 unspecified atom stereocenters. The fourth-order valence-electron chi connectivity index (χ4n) is 1.74. The predicted octanol–water partition coefficient (Wildman–Crippen LogP) is 2.73. The second kappa shape index (κ2) is 7.24. The van der Waals surface area contributed by atoms with Gasteiger partial charge in [0.15, 0.2) is 0 Å². The molecule has 0 saturated carbocycles. The Balaban J connectivity index is 4.18. The molecule has 0 bridgehead atoms. The minimum absolute atomic E-state index is 0.295. The van der Waals surface area contributed by atoms with Crippen molar-refractivity contribution in [3.8, 4) is 0 Å². The van der Waals surface area contributed by atoms with Crippen LogP contribution in [-0.2, 0) is 0 Å². The first-order valence-electron chi connectivity index (χ1n) is 6.43. The molecule has 2 atom stereocenters. The highest BCUT2D eigenvalue weighted by molar-refractivity contribution is 4.78. The zero-order chi connectivity index (χ0) is 11.9. The first kappa shape index (κ1) is 14.9. The SMILES string of the molecule is CCC(C)CN(CC)CC(C)(CC)CN. The van der Waals surface area contributed by atoms with Gasteiger partial charge < -0.3 is 10.6 Å². The Bertz CT molecular complexity index is 153. The normalized spacial score (nSPS) is 17.8. The summed E-state index contributed by atoms with van der Waals surface area (Å²) in [6.45, 7) is 15.7. The third-order valence-corrected chi connectivity index (χ3v) is 3.67. The average molecular weight is 214 g/mol. The fraction of sp³-hybridized carbons (Fsp3) is 1.00. The summed E-state index contributed by atoms with van der Waals surface area (Å²) in [5.41, 5.74) is 6.15. The minimum Gasteiger partial charge on any atom is -0.330 e. The number of hydrogen-bond acceptors (Lipinski definition) is 2. The van der Waals surface area contributed by atoms with Crippen LogP contribution in [0.3, 0.4) is 0 Å². The molecule has 2 nitrogen and oxygen atoms in total. The second-order valence-corrected chi connectivity index (χ2v) is 5.21. The van der Waals surface area contributed by atoms with Crippen LogP contribution < -0.4 is 5.73 Å². The molecule has 0 fully saturated rings. The highest BCUT2D eigenvalue weighted by Gasteiger charge is 2.23. The molecule has 15 heavy (non-hydrogen) atoms. The molecule has 92 valence electrons. The maximum absolute atomic E-state index is 5.86. The monoisotopic (exact) mass is 214 g/mol.